The molecule has 0 aromatic carbocycles. The Labute approximate surface area is 196 Å². The summed E-state index contributed by atoms with van der Waals surface area (Å²) < 4.78 is 36.1. The van der Waals surface area contributed by atoms with Gasteiger partial charge in [0.05, 0.1) is 48.0 Å². The van der Waals surface area contributed by atoms with E-state index in [9.17, 15) is 8.42 Å². The maximum Gasteiger partial charge on any atom is 0.168 e. The molecule has 0 unspecified atom stereocenters. The monoisotopic (exact) mass is 496 g/mol. The van der Waals surface area contributed by atoms with Gasteiger partial charge in [-0.05, 0) is 25.5 Å². The molecule has 3 fully saturated rings. The highest BCUT2D eigenvalue weighted by atomic mass is 35.5. The second-order valence-electron chi connectivity index (χ2n) is 8.71. The van der Waals surface area contributed by atoms with Gasteiger partial charge in [0.15, 0.2) is 14.6 Å². The molecule has 11 heteroatoms. The molecule has 172 valence electrons. The van der Waals surface area contributed by atoms with E-state index in [0.717, 1.165) is 29.2 Å². The van der Waals surface area contributed by atoms with E-state index in [1.807, 2.05) is 12.3 Å². The lowest BCUT2D eigenvalue weighted by molar-refractivity contribution is 0.122. The van der Waals surface area contributed by atoms with E-state index in [4.69, 9.17) is 26.5 Å². The first-order valence-corrected chi connectivity index (χ1v) is 13.3. The lowest BCUT2D eigenvalue weighted by Crippen LogP contribution is -2.66. The van der Waals surface area contributed by atoms with Crippen LogP contribution in [0.25, 0.3) is 10.4 Å². The number of aromatic nitrogens is 1. The predicted octanol–water partition coefficient (Wildman–Crippen LogP) is 2.67. The fourth-order valence-corrected chi connectivity index (χ4v) is 8.65. The van der Waals surface area contributed by atoms with Crippen molar-refractivity contribution in [3.05, 3.63) is 34.4 Å². The molecule has 0 saturated carbocycles. The summed E-state index contributed by atoms with van der Waals surface area (Å²) >= 11 is 8.07. The van der Waals surface area contributed by atoms with E-state index in [1.54, 1.807) is 13.1 Å². The molecule has 2 aromatic rings. The van der Waals surface area contributed by atoms with Crippen LogP contribution in [0.15, 0.2) is 24.5 Å². The van der Waals surface area contributed by atoms with Crippen LogP contribution in [0.3, 0.4) is 0 Å². The Morgan fingerprint density at radius 2 is 2.00 bits per heavy atom. The summed E-state index contributed by atoms with van der Waals surface area (Å²) in [6, 6.07) is 3.93. The molecular formula is C21H25ClN4O4S2. The maximum atomic E-state index is 13.3. The molecule has 2 aromatic heterocycles. The molecule has 8 nitrogen and oxygen atoms in total. The van der Waals surface area contributed by atoms with Gasteiger partial charge >= 0.3 is 0 Å². The van der Waals surface area contributed by atoms with Crippen molar-refractivity contribution in [2.45, 2.75) is 23.6 Å². The lowest BCUT2D eigenvalue weighted by atomic mass is 9.98. The topological polar surface area (TPSA) is 105 Å². The number of nitrogens with zero attached hydrogens (tertiary/aromatic N) is 2. The Hall–Kier alpha value is -1.72. The van der Waals surface area contributed by atoms with Crippen molar-refractivity contribution in [3.63, 3.8) is 0 Å². The number of nitrogens with one attached hydrogen (secondary N) is 2. The zero-order valence-corrected chi connectivity index (χ0v) is 20.1. The van der Waals surface area contributed by atoms with Gasteiger partial charge in [-0.3, -0.25) is 10.4 Å². The Balaban J connectivity index is 1.47. The van der Waals surface area contributed by atoms with Crippen LogP contribution in [-0.2, 0) is 24.8 Å². The molecule has 2 atom stereocenters. The van der Waals surface area contributed by atoms with E-state index >= 15 is 0 Å². The average Bonchev–Trinajstić information content (AvgIpc) is 3.42. The van der Waals surface area contributed by atoms with Crippen molar-refractivity contribution >= 4 is 44.3 Å². The second-order valence-corrected chi connectivity index (χ2v) is 12.5. The second kappa shape index (κ2) is 7.95. The number of hydrogen-bond acceptors (Lipinski definition) is 8. The number of anilines is 1. The van der Waals surface area contributed by atoms with Crippen LogP contribution < -0.4 is 10.2 Å². The molecule has 3 aliphatic heterocycles. The van der Waals surface area contributed by atoms with Crippen molar-refractivity contribution in [2.75, 3.05) is 50.2 Å². The fourth-order valence-electron chi connectivity index (χ4n) is 4.65. The molecule has 0 aliphatic carbocycles. The summed E-state index contributed by atoms with van der Waals surface area (Å²) in [5.41, 5.74) is 0.954. The van der Waals surface area contributed by atoms with Crippen LogP contribution in [0, 0.1) is 5.41 Å². The summed E-state index contributed by atoms with van der Waals surface area (Å²) in [6.45, 7) is 5.18. The van der Waals surface area contributed by atoms with Gasteiger partial charge in [-0.1, -0.05) is 11.6 Å². The number of rotatable bonds is 3. The molecule has 2 N–H and O–H groups in total. The molecule has 32 heavy (non-hydrogen) atoms. The average molecular weight is 497 g/mol. The van der Waals surface area contributed by atoms with Crippen LogP contribution in [0.2, 0.25) is 5.02 Å². The molecular weight excluding hydrogens is 472 g/mol. The number of amidine groups is 1. The van der Waals surface area contributed by atoms with Crippen LogP contribution in [0.4, 0.5) is 5.69 Å². The van der Waals surface area contributed by atoms with E-state index in [1.165, 1.54) is 11.3 Å². The number of thiophene rings is 1. The van der Waals surface area contributed by atoms with Crippen LogP contribution in [0.5, 0.6) is 0 Å². The maximum absolute atomic E-state index is 13.3. The van der Waals surface area contributed by atoms with Gasteiger partial charge in [0.25, 0.3) is 0 Å². The Morgan fingerprint density at radius 1 is 1.22 bits per heavy atom. The zero-order valence-electron chi connectivity index (χ0n) is 17.7. The van der Waals surface area contributed by atoms with Crippen LogP contribution in [0.1, 0.15) is 18.2 Å². The number of halogens is 1. The summed E-state index contributed by atoms with van der Waals surface area (Å²) in [5, 5.41) is 12.2. The minimum absolute atomic E-state index is 0.00857. The summed E-state index contributed by atoms with van der Waals surface area (Å²) in [7, 11) is -3.62. The first-order chi connectivity index (χ1) is 15.2. The third-order valence-electron chi connectivity index (χ3n) is 6.49. The number of hydrogen-bond donors (Lipinski definition) is 2. The highest BCUT2D eigenvalue weighted by Crippen LogP contribution is 2.45. The minimum atomic E-state index is -3.62. The van der Waals surface area contributed by atoms with E-state index < -0.39 is 20.1 Å². The Morgan fingerprint density at radius 3 is 2.69 bits per heavy atom. The molecule has 0 amide bonds. The first-order valence-electron chi connectivity index (χ1n) is 10.5. The Bertz CT molecular complexity index is 1160. The smallest absolute Gasteiger partial charge is 0.168 e. The Kier molecular flexibility index (Phi) is 5.49. The highest BCUT2D eigenvalue weighted by molar-refractivity contribution is 7.93. The van der Waals surface area contributed by atoms with E-state index in [0.29, 0.717) is 36.1 Å². The first kappa shape index (κ1) is 22.1. The van der Waals surface area contributed by atoms with Gasteiger partial charge in [0, 0.05) is 41.2 Å². The fraction of sp³-hybridized carbons (Fsp3) is 0.524. The normalized spacial score (nSPS) is 29.9. The molecule has 3 saturated heterocycles. The third kappa shape index (κ3) is 3.52. The highest BCUT2D eigenvalue weighted by Gasteiger charge is 2.58. The minimum Gasteiger partial charge on any atom is -0.379 e. The molecule has 1 spiro atoms. The number of morpholine rings is 1. The van der Waals surface area contributed by atoms with Gasteiger partial charge in [0.2, 0.25) is 0 Å². The molecule has 0 radical (unpaired) electrons. The summed E-state index contributed by atoms with van der Waals surface area (Å²) in [5.74, 6) is -0.150. The van der Waals surface area contributed by atoms with E-state index in [-0.39, 0.29) is 18.2 Å². The lowest BCUT2D eigenvalue weighted by Gasteiger charge is -2.43. The van der Waals surface area contributed by atoms with Gasteiger partial charge in [-0.15, -0.1) is 11.3 Å². The third-order valence-corrected chi connectivity index (χ3v) is 11.0. The SMILES string of the molecule is C[C@@]1(c2sc(-c3cncc(N4CCOCC4)c3)cc2Cl)CS(=O)(=O)[C@]2(CCOC2)C(=N)N1. The van der Waals surface area contributed by atoms with E-state index in [2.05, 4.69) is 21.3 Å². The van der Waals surface area contributed by atoms with Crippen molar-refractivity contribution in [1.82, 2.24) is 10.3 Å². The van der Waals surface area contributed by atoms with Gasteiger partial charge in [-0.25, -0.2) is 8.42 Å². The van der Waals surface area contributed by atoms with Gasteiger partial charge in [0.1, 0.15) is 5.84 Å². The van der Waals surface area contributed by atoms with Crippen molar-refractivity contribution in [2.24, 2.45) is 0 Å². The zero-order chi connectivity index (χ0) is 22.6. The summed E-state index contributed by atoms with van der Waals surface area (Å²) in [6.07, 6.45) is 3.93. The predicted molar refractivity (Wildman–Crippen MR) is 126 cm³/mol. The largest absolute Gasteiger partial charge is 0.379 e. The standard InChI is InChI=1S/C21H25ClN4O4S2/c1-20(13-32(27,28)21(19(23)25-20)2-5-30-12-21)18-16(22)9-17(31-18)14-8-15(11-24-10-14)26-3-6-29-7-4-26/h8-11H,2-7,12-13H2,1H3,(H2,23,25)/t20-,21-/m0/s1. The van der Waals surface area contributed by atoms with Crippen molar-refractivity contribution in [3.8, 4) is 10.4 Å². The van der Waals surface area contributed by atoms with Gasteiger partial charge in [-0.2, -0.15) is 0 Å². The molecule has 5 rings (SSSR count). The van der Waals surface area contributed by atoms with Gasteiger partial charge < -0.3 is 19.7 Å². The quantitative estimate of drug-likeness (QED) is 0.673. The molecule has 3 aliphatic rings. The molecule has 0 bridgehead atoms. The van der Waals surface area contributed by atoms with Crippen LogP contribution >= 0.6 is 22.9 Å². The number of sulfone groups is 1. The van der Waals surface area contributed by atoms with Crippen molar-refractivity contribution in [1.29, 1.82) is 5.41 Å². The summed E-state index contributed by atoms with van der Waals surface area (Å²) in [4.78, 5) is 8.25. The van der Waals surface area contributed by atoms with Crippen molar-refractivity contribution < 1.29 is 17.9 Å². The van der Waals surface area contributed by atoms with Crippen LogP contribution in [-0.4, -0.2) is 69.3 Å². The molecule has 5 heterocycles. The number of pyridine rings is 1. The number of ether oxygens (including phenoxy) is 2.